The number of halogens is 1. The number of unbranched alkanes of at least 4 members (excludes halogenated alkanes) is 1. The van der Waals surface area contributed by atoms with Crippen LogP contribution in [-0.2, 0) is 19.9 Å². The fourth-order valence-corrected chi connectivity index (χ4v) is 5.46. The summed E-state index contributed by atoms with van der Waals surface area (Å²) in [4.78, 5) is 41.3. The first kappa shape index (κ1) is 19.4. The fraction of sp³-hybridized carbons (Fsp3) is 0.571. The van der Waals surface area contributed by atoms with Gasteiger partial charge in [-0.3, -0.25) is 19.3 Å². The Morgan fingerprint density at radius 3 is 2.68 bits per heavy atom. The average molecular weight is 405 g/mol. The Balaban J connectivity index is 1.84. The lowest BCUT2D eigenvalue weighted by atomic mass is 9.76. The summed E-state index contributed by atoms with van der Waals surface area (Å²) in [5.74, 6) is -1.35. The van der Waals surface area contributed by atoms with E-state index in [1.165, 1.54) is 4.90 Å². The highest BCUT2D eigenvalue weighted by molar-refractivity contribution is 6.31. The molecule has 3 aliphatic heterocycles. The van der Waals surface area contributed by atoms with Crippen molar-refractivity contribution in [2.75, 3.05) is 11.9 Å². The first-order chi connectivity index (χ1) is 13.3. The van der Waals surface area contributed by atoms with Crippen LogP contribution in [-0.4, -0.2) is 35.2 Å². The quantitative estimate of drug-likeness (QED) is 0.735. The molecule has 28 heavy (non-hydrogen) atoms. The van der Waals surface area contributed by atoms with E-state index in [2.05, 4.69) is 19.2 Å². The van der Waals surface area contributed by atoms with Crippen molar-refractivity contribution in [3.05, 3.63) is 28.8 Å². The predicted molar refractivity (Wildman–Crippen MR) is 106 cm³/mol. The van der Waals surface area contributed by atoms with E-state index in [1.54, 1.807) is 18.2 Å². The van der Waals surface area contributed by atoms with Crippen molar-refractivity contribution >= 4 is 35.0 Å². The zero-order valence-electron chi connectivity index (χ0n) is 16.5. The van der Waals surface area contributed by atoms with Gasteiger partial charge in [-0.2, -0.15) is 0 Å². The van der Waals surface area contributed by atoms with E-state index in [1.807, 2.05) is 12.2 Å². The molecule has 0 radical (unpaired) electrons. The number of hydrogen-bond acceptors (Lipinski definition) is 3. The highest BCUT2D eigenvalue weighted by Gasteiger charge is 2.74. The normalized spacial score (nSPS) is 31.1. The number of benzene rings is 1. The van der Waals surface area contributed by atoms with Gasteiger partial charge in [-0.05, 0) is 30.5 Å². The predicted octanol–water partition coefficient (Wildman–Crippen LogP) is 1.88. The number of nitrogens with zero attached hydrogens (tertiary/aromatic N) is 1. The van der Waals surface area contributed by atoms with Crippen LogP contribution in [0.15, 0.2) is 18.2 Å². The van der Waals surface area contributed by atoms with Gasteiger partial charge in [0.05, 0.1) is 5.69 Å². The molecule has 0 aliphatic carbocycles. The summed E-state index contributed by atoms with van der Waals surface area (Å²) in [6, 6.07) is 5.17. The van der Waals surface area contributed by atoms with Crippen LogP contribution in [0.2, 0.25) is 5.02 Å². The zero-order valence-corrected chi connectivity index (χ0v) is 17.3. The third-order valence-corrected chi connectivity index (χ3v) is 6.64. The molecule has 3 N–H and O–H groups in total. The van der Waals surface area contributed by atoms with Crippen LogP contribution in [0.4, 0.5) is 5.69 Å². The summed E-state index contributed by atoms with van der Waals surface area (Å²) < 4.78 is 0. The van der Waals surface area contributed by atoms with Crippen LogP contribution in [0.3, 0.4) is 0 Å². The third kappa shape index (κ3) is 2.61. The zero-order chi connectivity index (χ0) is 20.2. The lowest BCUT2D eigenvalue weighted by Gasteiger charge is -2.26. The molecular weight excluding hydrogens is 378 g/mol. The Morgan fingerprint density at radius 1 is 1.25 bits per heavy atom. The van der Waals surface area contributed by atoms with Gasteiger partial charge >= 0.3 is 0 Å². The van der Waals surface area contributed by atoms with Crippen LogP contribution in [0.1, 0.15) is 45.6 Å². The second kappa shape index (κ2) is 6.85. The van der Waals surface area contributed by atoms with Gasteiger partial charge < -0.3 is 10.6 Å². The van der Waals surface area contributed by atoms with Gasteiger partial charge in [0.15, 0.2) is 0 Å². The van der Waals surface area contributed by atoms with Crippen LogP contribution < -0.4 is 10.6 Å². The molecule has 7 heteroatoms. The standard InChI is InChI=1S/C21H26ClN3O3/c1-4-5-8-25-18(26)16-15(9-11(2)3)24-21(17(16)19(25)27)13-10-12(22)6-7-14(13)23-20(21)28/h6-7,10-11,15-17,24H,4-5,8-9H2,1-3H3,(H,23,28)/p+1/t15-,16+,17-,21+/m0/s1. The minimum atomic E-state index is -1.11. The van der Waals surface area contributed by atoms with Crippen LogP contribution in [0.5, 0.6) is 0 Å². The first-order valence-electron chi connectivity index (χ1n) is 10.1. The molecule has 6 nitrogen and oxygen atoms in total. The SMILES string of the molecule is CCCCN1C(=O)[C@@H]2[C@H](CC(C)C)[NH2+][C@@]3(C(=O)Nc4ccc(Cl)cc43)[C@@H]2C1=O. The summed E-state index contributed by atoms with van der Waals surface area (Å²) in [6.07, 6.45) is 2.45. The third-order valence-electron chi connectivity index (χ3n) is 6.40. The van der Waals surface area contributed by atoms with Crippen LogP contribution in [0, 0.1) is 17.8 Å². The molecule has 4 atom stereocenters. The molecule has 0 bridgehead atoms. The van der Waals surface area contributed by atoms with E-state index in [4.69, 9.17) is 11.6 Å². The number of likely N-dealkylation sites (tertiary alicyclic amines) is 1. The van der Waals surface area contributed by atoms with Gasteiger partial charge in [0.1, 0.15) is 17.9 Å². The molecule has 3 heterocycles. The molecule has 0 saturated carbocycles. The molecule has 2 fully saturated rings. The Hall–Kier alpha value is -1.92. The number of fused-ring (bicyclic) bond motifs is 4. The Labute approximate surface area is 170 Å². The molecule has 4 rings (SSSR count). The molecule has 1 spiro atoms. The molecule has 2 saturated heterocycles. The van der Waals surface area contributed by atoms with Crippen molar-refractivity contribution in [1.29, 1.82) is 0 Å². The minimum absolute atomic E-state index is 0.108. The maximum atomic E-state index is 13.4. The van der Waals surface area contributed by atoms with Gasteiger partial charge in [0.2, 0.25) is 17.4 Å². The first-order valence-corrected chi connectivity index (χ1v) is 10.5. The fourth-order valence-electron chi connectivity index (χ4n) is 5.29. The van der Waals surface area contributed by atoms with Crippen molar-refractivity contribution in [1.82, 2.24) is 4.90 Å². The minimum Gasteiger partial charge on any atom is -0.326 e. The highest BCUT2D eigenvalue weighted by atomic mass is 35.5. The van der Waals surface area contributed by atoms with Crippen molar-refractivity contribution in [3.8, 4) is 0 Å². The number of rotatable bonds is 5. The second-order valence-corrected chi connectivity index (χ2v) is 9.09. The molecule has 3 amide bonds. The van der Waals surface area contributed by atoms with Crippen LogP contribution in [0.25, 0.3) is 0 Å². The second-order valence-electron chi connectivity index (χ2n) is 8.66. The average Bonchev–Trinajstić information content (AvgIpc) is 3.19. The summed E-state index contributed by atoms with van der Waals surface area (Å²) in [7, 11) is 0. The largest absolute Gasteiger partial charge is 0.326 e. The molecule has 150 valence electrons. The number of quaternary nitrogens is 1. The van der Waals surface area contributed by atoms with Crippen molar-refractivity contribution in [2.45, 2.75) is 51.6 Å². The Bertz CT molecular complexity index is 855. The van der Waals surface area contributed by atoms with Crippen LogP contribution >= 0.6 is 11.6 Å². The van der Waals surface area contributed by atoms with E-state index < -0.39 is 17.4 Å². The molecule has 3 aliphatic rings. The van der Waals surface area contributed by atoms with Gasteiger partial charge in [-0.25, -0.2) is 0 Å². The van der Waals surface area contributed by atoms with Crippen molar-refractivity contribution < 1.29 is 19.7 Å². The summed E-state index contributed by atoms with van der Waals surface area (Å²) in [6.45, 7) is 6.66. The molecule has 0 unspecified atom stereocenters. The number of amides is 3. The lowest BCUT2D eigenvalue weighted by molar-refractivity contribution is -0.734. The number of carbonyl (C=O) groups is 3. The van der Waals surface area contributed by atoms with E-state index in [0.717, 1.165) is 24.8 Å². The maximum Gasteiger partial charge on any atom is 0.291 e. The number of nitrogens with one attached hydrogen (secondary N) is 1. The summed E-state index contributed by atoms with van der Waals surface area (Å²) in [5, 5.41) is 5.43. The summed E-state index contributed by atoms with van der Waals surface area (Å²) >= 11 is 6.24. The molecule has 1 aromatic rings. The van der Waals surface area contributed by atoms with E-state index >= 15 is 0 Å². The number of carbonyl (C=O) groups excluding carboxylic acids is 3. The maximum absolute atomic E-state index is 13.4. The smallest absolute Gasteiger partial charge is 0.291 e. The van der Waals surface area contributed by atoms with Gasteiger partial charge in [0, 0.05) is 23.6 Å². The van der Waals surface area contributed by atoms with Crippen molar-refractivity contribution in [3.63, 3.8) is 0 Å². The highest BCUT2D eigenvalue weighted by Crippen LogP contribution is 2.50. The van der Waals surface area contributed by atoms with E-state index in [-0.39, 0.29) is 23.8 Å². The van der Waals surface area contributed by atoms with Gasteiger partial charge in [0.25, 0.3) is 5.91 Å². The lowest BCUT2D eigenvalue weighted by Crippen LogP contribution is -2.99. The topological polar surface area (TPSA) is 83.1 Å². The monoisotopic (exact) mass is 404 g/mol. The molecule has 1 aromatic carbocycles. The number of hydrogen-bond donors (Lipinski definition) is 2. The van der Waals surface area contributed by atoms with E-state index in [0.29, 0.717) is 23.2 Å². The number of imide groups is 1. The Kier molecular flexibility index (Phi) is 4.74. The number of nitrogens with two attached hydrogens (primary N) is 1. The van der Waals surface area contributed by atoms with E-state index in [9.17, 15) is 14.4 Å². The molecular formula is C21H27ClN3O3+. The number of anilines is 1. The molecule has 0 aromatic heterocycles. The Morgan fingerprint density at radius 2 is 2.00 bits per heavy atom. The van der Waals surface area contributed by atoms with Gasteiger partial charge in [-0.15, -0.1) is 0 Å². The summed E-state index contributed by atoms with van der Waals surface area (Å²) in [5.41, 5.74) is 0.296. The van der Waals surface area contributed by atoms with Crippen molar-refractivity contribution in [2.24, 2.45) is 17.8 Å². The van der Waals surface area contributed by atoms with Gasteiger partial charge in [-0.1, -0.05) is 38.8 Å².